The van der Waals surface area contributed by atoms with Gasteiger partial charge in [0.1, 0.15) is 5.56 Å². The number of carbonyl (C=O) groups excluding carboxylic acids is 1. The zero-order valence-electron chi connectivity index (χ0n) is 13.2. The van der Waals surface area contributed by atoms with E-state index in [1.54, 1.807) is 6.21 Å². The number of nitrogens with one attached hydrogen (secondary N) is 2. The molecule has 3 rings (SSSR count). The van der Waals surface area contributed by atoms with Crippen LogP contribution in [0.15, 0.2) is 59.6 Å². The highest BCUT2D eigenvalue weighted by Gasteiger charge is 2.18. The summed E-state index contributed by atoms with van der Waals surface area (Å²) < 4.78 is 0.954. The van der Waals surface area contributed by atoms with Crippen LogP contribution >= 0.6 is 22.6 Å². The topological polar surface area (TPSA) is 96.2 Å². The van der Waals surface area contributed by atoms with Gasteiger partial charge >= 0.3 is 0 Å². The lowest BCUT2D eigenvalue weighted by atomic mass is 10.2. The number of amides is 1. The van der Waals surface area contributed by atoms with Gasteiger partial charge in [0, 0.05) is 16.3 Å². The molecule has 126 valence electrons. The van der Waals surface area contributed by atoms with E-state index in [1.807, 2.05) is 54.6 Å². The summed E-state index contributed by atoms with van der Waals surface area (Å²) in [5.41, 5.74) is 8.71. The summed E-state index contributed by atoms with van der Waals surface area (Å²) in [5.74, 6) is 0.0783. The fraction of sp³-hybridized carbons (Fsp3) is 0.0556. The van der Waals surface area contributed by atoms with Crippen LogP contribution in [0.2, 0.25) is 0 Å². The summed E-state index contributed by atoms with van der Waals surface area (Å²) in [6.07, 6.45) is 1.67. The highest BCUT2D eigenvalue weighted by Crippen LogP contribution is 2.26. The monoisotopic (exact) mass is 445 g/mol. The van der Waals surface area contributed by atoms with Gasteiger partial charge in [-0.1, -0.05) is 65.1 Å². The Hall–Kier alpha value is -2.68. The molecule has 0 saturated heterocycles. The third-order valence-electron chi connectivity index (χ3n) is 3.51. The fourth-order valence-corrected chi connectivity index (χ4v) is 2.75. The van der Waals surface area contributed by atoms with Crippen molar-refractivity contribution < 1.29 is 4.79 Å². The molecule has 0 saturated carbocycles. The predicted molar refractivity (Wildman–Crippen MR) is 108 cm³/mol. The van der Waals surface area contributed by atoms with Crippen molar-refractivity contribution in [3.05, 3.63) is 71.3 Å². The van der Waals surface area contributed by atoms with Gasteiger partial charge in [-0.15, -0.1) is 0 Å². The summed E-state index contributed by atoms with van der Waals surface area (Å²) >= 11 is 2.31. The van der Waals surface area contributed by atoms with Crippen LogP contribution in [-0.4, -0.2) is 22.3 Å². The molecule has 0 bridgehead atoms. The number of H-pyrrole nitrogens is 1. The fourth-order valence-electron chi connectivity index (χ4n) is 2.24. The SMILES string of the molecule is NC(=O)c1c(Nc2ccccc2)n[nH]c1/N=C/c1ccc(CI)cc1. The second-order valence-electron chi connectivity index (χ2n) is 5.28. The number of aliphatic imine (C=N–C) groups is 1. The van der Waals surface area contributed by atoms with Gasteiger partial charge in [0.15, 0.2) is 11.6 Å². The third-order valence-corrected chi connectivity index (χ3v) is 4.39. The number of primary amides is 1. The van der Waals surface area contributed by atoms with Crippen molar-refractivity contribution in [1.82, 2.24) is 10.2 Å². The van der Waals surface area contributed by atoms with E-state index in [1.165, 1.54) is 5.56 Å². The van der Waals surface area contributed by atoms with Gasteiger partial charge in [0.2, 0.25) is 0 Å². The first-order chi connectivity index (χ1) is 12.2. The number of rotatable bonds is 6. The maximum absolute atomic E-state index is 11.8. The molecule has 0 aliphatic heterocycles. The molecule has 3 aromatic rings. The highest BCUT2D eigenvalue weighted by atomic mass is 127. The number of aromatic nitrogens is 2. The summed E-state index contributed by atoms with van der Waals surface area (Å²) in [4.78, 5) is 16.2. The first-order valence-electron chi connectivity index (χ1n) is 7.56. The van der Waals surface area contributed by atoms with Crippen LogP contribution in [0.3, 0.4) is 0 Å². The Bertz CT molecular complexity index is 888. The van der Waals surface area contributed by atoms with E-state index in [0.29, 0.717) is 11.6 Å². The van der Waals surface area contributed by atoms with Crippen LogP contribution < -0.4 is 11.1 Å². The molecule has 4 N–H and O–H groups in total. The predicted octanol–water partition coefficient (Wildman–Crippen LogP) is 3.94. The number of halogens is 1. The molecule has 2 aromatic carbocycles. The lowest BCUT2D eigenvalue weighted by Crippen LogP contribution is -2.12. The molecule has 1 heterocycles. The van der Waals surface area contributed by atoms with Gasteiger partial charge in [-0.25, -0.2) is 4.99 Å². The van der Waals surface area contributed by atoms with Gasteiger partial charge < -0.3 is 11.1 Å². The smallest absolute Gasteiger partial charge is 0.256 e. The minimum atomic E-state index is -0.598. The van der Waals surface area contributed by atoms with Crippen LogP contribution in [0.1, 0.15) is 21.5 Å². The summed E-state index contributed by atoms with van der Waals surface area (Å²) in [6, 6.07) is 17.4. The minimum Gasteiger partial charge on any atom is -0.365 e. The third kappa shape index (κ3) is 4.24. The molecule has 1 amide bonds. The molecule has 0 spiro atoms. The highest BCUT2D eigenvalue weighted by molar-refractivity contribution is 14.1. The number of alkyl halides is 1. The van der Waals surface area contributed by atoms with Gasteiger partial charge in [0.05, 0.1) is 0 Å². The van der Waals surface area contributed by atoms with Crippen LogP contribution in [0.25, 0.3) is 0 Å². The number of nitrogens with two attached hydrogens (primary N) is 1. The lowest BCUT2D eigenvalue weighted by Gasteiger charge is -2.03. The van der Waals surface area contributed by atoms with Crippen LogP contribution in [0, 0.1) is 0 Å². The molecule has 0 fully saturated rings. The van der Waals surface area contributed by atoms with E-state index in [0.717, 1.165) is 15.7 Å². The molecule has 0 aliphatic rings. The Morgan fingerprint density at radius 2 is 1.92 bits per heavy atom. The molecule has 0 atom stereocenters. The molecule has 0 unspecified atom stereocenters. The average Bonchev–Trinajstić information content (AvgIpc) is 3.04. The Kier molecular flexibility index (Phi) is 5.44. The quantitative estimate of drug-likeness (QED) is 0.305. The van der Waals surface area contributed by atoms with Crippen LogP contribution in [0.5, 0.6) is 0 Å². The zero-order valence-corrected chi connectivity index (χ0v) is 15.4. The van der Waals surface area contributed by atoms with E-state index in [2.05, 4.69) is 43.1 Å². The van der Waals surface area contributed by atoms with Crippen molar-refractivity contribution in [3.63, 3.8) is 0 Å². The van der Waals surface area contributed by atoms with E-state index in [9.17, 15) is 4.79 Å². The summed E-state index contributed by atoms with van der Waals surface area (Å²) in [5, 5.41) is 9.95. The standard InChI is InChI=1S/C18H16IN5O/c19-10-12-6-8-13(9-7-12)11-21-17-15(16(20)25)18(24-23-17)22-14-4-2-1-3-5-14/h1-9,11H,10H2,(H2,20,25)(H2,22,23,24)/b21-11+. The second-order valence-corrected chi connectivity index (χ2v) is 6.05. The molecule has 1 aromatic heterocycles. The Labute approximate surface area is 158 Å². The maximum Gasteiger partial charge on any atom is 0.256 e. The first kappa shape index (κ1) is 17.2. The van der Waals surface area contributed by atoms with Crippen molar-refractivity contribution in [1.29, 1.82) is 0 Å². The normalized spacial score (nSPS) is 10.9. The van der Waals surface area contributed by atoms with Gasteiger partial charge in [0.25, 0.3) is 5.91 Å². The van der Waals surface area contributed by atoms with Gasteiger partial charge in [-0.2, -0.15) is 5.10 Å². The Morgan fingerprint density at radius 1 is 1.20 bits per heavy atom. The molecule has 25 heavy (non-hydrogen) atoms. The average molecular weight is 445 g/mol. The second kappa shape index (κ2) is 7.93. The zero-order chi connectivity index (χ0) is 17.6. The van der Waals surface area contributed by atoms with Crippen LogP contribution in [0.4, 0.5) is 17.3 Å². The largest absolute Gasteiger partial charge is 0.365 e. The molecule has 0 aliphatic carbocycles. The van der Waals surface area contributed by atoms with Gasteiger partial charge in [-0.3, -0.25) is 9.89 Å². The van der Waals surface area contributed by atoms with E-state index >= 15 is 0 Å². The van der Waals surface area contributed by atoms with E-state index in [4.69, 9.17) is 5.73 Å². The van der Waals surface area contributed by atoms with Gasteiger partial charge in [-0.05, 0) is 23.3 Å². The molecular formula is C18H16IN5O. The number of carbonyl (C=O) groups is 1. The Balaban J connectivity index is 1.86. The van der Waals surface area contributed by atoms with Crippen molar-refractivity contribution in [2.75, 3.05) is 5.32 Å². The number of hydrogen-bond acceptors (Lipinski definition) is 4. The Morgan fingerprint density at radius 3 is 2.56 bits per heavy atom. The molecular weight excluding hydrogens is 429 g/mol. The number of aromatic amines is 1. The van der Waals surface area contributed by atoms with Crippen molar-refractivity contribution in [3.8, 4) is 0 Å². The lowest BCUT2D eigenvalue weighted by molar-refractivity contribution is 0.100. The van der Waals surface area contributed by atoms with Crippen molar-refractivity contribution >= 4 is 52.0 Å². The van der Waals surface area contributed by atoms with Crippen LogP contribution in [-0.2, 0) is 4.43 Å². The number of para-hydroxylation sites is 1. The summed E-state index contributed by atoms with van der Waals surface area (Å²) in [7, 11) is 0. The minimum absolute atomic E-state index is 0.226. The summed E-state index contributed by atoms with van der Waals surface area (Å²) in [6.45, 7) is 0. The molecule has 6 nitrogen and oxygen atoms in total. The maximum atomic E-state index is 11.8. The number of anilines is 2. The van der Waals surface area contributed by atoms with Crippen molar-refractivity contribution in [2.45, 2.75) is 4.43 Å². The van der Waals surface area contributed by atoms with E-state index < -0.39 is 5.91 Å². The molecule has 7 heteroatoms. The first-order valence-corrected chi connectivity index (χ1v) is 9.09. The van der Waals surface area contributed by atoms with E-state index in [-0.39, 0.29) is 5.56 Å². The number of benzene rings is 2. The molecule has 0 radical (unpaired) electrons. The van der Waals surface area contributed by atoms with Crippen molar-refractivity contribution in [2.24, 2.45) is 10.7 Å². The number of hydrogen-bond donors (Lipinski definition) is 3. The number of nitrogens with zero attached hydrogens (tertiary/aromatic N) is 2.